The topological polar surface area (TPSA) is 26.0 Å². The fourth-order valence-corrected chi connectivity index (χ4v) is 3.23. The Bertz CT molecular complexity index is 543. The van der Waals surface area contributed by atoms with Gasteiger partial charge in [0.1, 0.15) is 0 Å². The van der Waals surface area contributed by atoms with Crippen molar-refractivity contribution in [3.8, 4) is 0 Å². The van der Waals surface area contributed by atoms with E-state index in [1.165, 1.54) is 22.3 Å². The van der Waals surface area contributed by atoms with Crippen LogP contribution in [-0.4, -0.2) is 0 Å². The summed E-state index contributed by atoms with van der Waals surface area (Å²) in [6, 6.07) is 14.9. The van der Waals surface area contributed by atoms with Crippen LogP contribution in [0, 0.1) is 13.8 Å². The van der Waals surface area contributed by atoms with E-state index >= 15 is 0 Å². The van der Waals surface area contributed by atoms with Gasteiger partial charge in [-0.25, -0.2) is 0 Å². The Kier molecular flexibility index (Phi) is 4.54. The molecule has 2 aromatic carbocycles. The van der Waals surface area contributed by atoms with Gasteiger partial charge in [-0.05, 0) is 44.0 Å². The van der Waals surface area contributed by atoms with Crippen LogP contribution in [0.25, 0.3) is 0 Å². The van der Waals surface area contributed by atoms with E-state index in [2.05, 4.69) is 51.1 Å². The molecular formula is C17H21NS. The third-order valence-electron chi connectivity index (χ3n) is 3.16. The second-order valence-corrected chi connectivity index (χ2v) is 6.45. The van der Waals surface area contributed by atoms with Gasteiger partial charge in [0.25, 0.3) is 0 Å². The largest absolute Gasteiger partial charge is 0.399 e. The van der Waals surface area contributed by atoms with Crippen LogP contribution in [0.1, 0.15) is 34.4 Å². The van der Waals surface area contributed by atoms with Crippen LogP contribution in [0.4, 0.5) is 5.69 Å². The second kappa shape index (κ2) is 6.16. The van der Waals surface area contributed by atoms with Gasteiger partial charge in [-0.15, -0.1) is 11.8 Å². The Balaban J connectivity index is 2.02. The molecule has 0 aliphatic rings. The van der Waals surface area contributed by atoms with E-state index in [1.807, 2.05) is 23.9 Å². The van der Waals surface area contributed by atoms with Gasteiger partial charge in [-0.3, -0.25) is 0 Å². The summed E-state index contributed by atoms with van der Waals surface area (Å²) in [4.78, 5) is 0. The molecule has 0 fully saturated rings. The molecule has 100 valence electrons. The van der Waals surface area contributed by atoms with E-state index < -0.39 is 0 Å². The van der Waals surface area contributed by atoms with Crippen molar-refractivity contribution in [3.05, 3.63) is 64.7 Å². The molecule has 0 heterocycles. The van der Waals surface area contributed by atoms with E-state index in [0.717, 1.165) is 11.4 Å². The van der Waals surface area contributed by atoms with Crippen LogP contribution in [0.5, 0.6) is 0 Å². The van der Waals surface area contributed by atoms with E-state index in [4.69, 9.17) is 5.73 Å². The molecular weight excluding hydrogens is 250 g/mol. The van der Waals surface area contributed by atoms with Gasteiger partial charge < -0.3 is 5.73 Å². The Morgan fingerprint density at radius 3 is 2.37 bits per heavy atom. The van der Waals surface area contributed by atoms with E-state index in [-0.39, 0.29) is 0 Å². The fraction of sp³-hybridized carbons (Fsp3) is 0.294. The smallest absolute Gasteiger partial charge is 0.0317 e. The lowest BCUT2D eigenvalue weighted by Crippen LogP contribution is -1.93. The predicted molar refractivity (Wildman–Crippen MR) is 86.5 cm³/mol. The SMILES string of the molecule is Cc1cc(C)cc(CSC(C)c2cccc(N)c2)c1. The van der Waals surface area contributed by atoms with Gasteiger partial charge in [-0.1, -0.05) is 41.5 Å². The van der Waals surface area contributed by atoms with Crippen molar-refractivity contribution < 1.29 is 0 Å². The fourth-order valence-electron chi connectivity index (χ4n) is 2.28. The predicted octanol–water partition coefficient (Wildman–Crippen LogP) is 4.88. The number of benzene rings is 2. The first-order chi connectivity index (χ1) is 9.04. The molecule has 1 nitrogen and oxygen atoms in total. The van der Waals surface area contributed by atoms with Crippen molar-refractivity contribution in [2.45, 2.75) is 31.8 Å². The highest BCUT2D eigenvalue weighted by Crippen LogP contribution is 2.32. The van der Waals surface area contributed by atoms with Gasteiger partial charge in [-0.2, -0.15) is 0 Å². The van der Waals surface area contributed by atoms with Crippen LogP contribution < -0.4 is 5.73 Å². The van der Waals surface area contributed by atoms with Gasteiger partial charge in [0.2, 0.25) is 0 Å². The van der Waals surface area contributed by atoms with Crippen LogP contribution in [-0.2, 0) is 5.75 Å². The summed E-state index contributed by atoms with van der Waals surface area (Å²) in [6.45, 7) is 6.55. The summed E-state index contributed by atoms with van der Waals surface area (Å²) in [7, 11) is 0. The zero-order valence-corrected chi connectivity index (χ0v) is 12.6. The van der Waals surface area contributed by atoms with Crippen molar-refractivity contribution in [1.82, 2.24) is 0 Å². The maximum absolute atomic E-state index is 5.83. The number of anilines is 1. The summed E-state index contributed by atoms with van der Waals surface area (Å²) in [6.07, 6.45) is 0. The van der Waals surface area contributed by atoms with Gasteiger partial charge in [0, 0.05) is 16.7 Å². The number of nitrogens with two attached hydrogens (primary N) is 1. The molecule has 2 N–H and O–H groups in total. The lowest BCUT2D eigenvalue weighted by molar-refractivity contribution is 1.09. The van der Waals surface area contributed by atoms with Crippen molar-refractivity contribution in [3.63, 3.8) is 0 Å². The van der Waals surface area contributed by atoms with Crippen molar-refractivity contribution in [2.75, 3.05) is 5.73 Å². The quantitative estimate of drug-likeness (QED) is 0.802. The monoisotopic (exact) mass is 271 g/mol. The van der Waals surface area contributed by atoms with E-state index in [1.54, 1.807) is 0 Å². The first-order valence-electron chi connectivity index (χ1n) is 6.59. The molecule has 2 heteroatoms. The van der Waals surface area contributed by atoms with Crippen molar-refractivity contribution in [1.29, 1.82) is 0 Å². The molecule has 0 amide bonds. The summed E-state index contributed by atoms with van der Waals surface area (Å²) < 4.78 is 0. The Morgan fingerprint density at radius 2 is 1.74 bits per heavy atom. The molecule has 1 atom stereocenters. The number of aryl methyl sites for hydroxylation is 2. The van der Waals surface area contributed by atoms with Gasteiger partial charge in [0.15, 0.2) is 0 Å². The minimum atomic E-state index is 0.462. The second-order valence-electron chi connectivity index (χ2n) is 5.12. The lowest BCUT2D eigenvalue weighted by atomic mass is 10.1. The number of thioether (sulfide) groups is 1. The molecule has 1 unspecified atom stereocenters. The molecule has 0 saturated carbocycles. The van der Waals surface area contributed by atoms with Crippen molar-refractivity contribution in [2.24, 2.45) is 0 Å². The highest BCUT2D eigenvalue weighted by molar-refractivity contribution is 7.98. The number of nitrogen functional groups attached to an aromatic ring is 1. The Labute approximate surface area is 120 Å². The van der Waals surface area contributed by atoms with Crippen LogP contribution in [0.15, 0.2) is 42.5 Å². The molecule has 0 saturated heterocycles. The Hall–Kier alpha value is -1.41. The number of hydrogen-bond acceptors (Lipinski definition) is 2. The standard InChI is InChI=1S/C17H21NS/c1-12-7-13(2)9-15(8-12)11-19-14(3)16-5-4-6-17(18)10-16/h4-10,14H,11,18H2,1-3H3. The first kappa shape index (κ1) is 14.0. The zero-order chi connectivity index (χ0) is 13.8. The molecule has 0 bridgehead atoms. The van der Waals surface area contributed by atoms with Gasteiger partial charge >= 0.3 is 0 Å². The molecule has 0 radical (unpaired) electrons. The Morgan fingerprint density at radius 1 is 1.05 bits per heavy atom. The maximum atomic E-state index is 5.83. The minimum Gasteiger partial charge on any atom is -0.399 e. The summed E-state index contributed by atoms with van der Waals surface area (Å²) in [5, 5.41) is 0.462. The summed E-state index contributed by atoms with van der Waals surface area (Å²) >= 11 is 1.95. The average molecular weight is 271 g/mol. The lowest BCUT2D eigenvalue weighted by Gasteiger charge is -2.13. The molecule has 0 spiro atoms. The normalized spacial score (nSPS) is 12.4. The minimum absolute atomic E-state index is 0.462. The maximum Gasteiger partial charge on any atom is 0.0317 e. The van der Waals surface area contributed by atoms with E-state index in [9.17, 15) is 0 Å². The molecule has 0 aliphatic carbocycles. The summed E-state index contributed by atoms with van der Waals surface area (Å²) in [5.74, 6) is 1.04. The zero-order valence-electron chi connectivity index (χ0n) is 11.8. The number of rotatable bonds is 4. The highest BCUT2D eigenvalue weighted by atomic mass is 32.2. The van der Waals surface area contributed by atoms with Gasteiger partial charge in [0.05, 0.1) is 0 Å². The van der Waals surface area contributed by atoms with Crippen LogP contribution in [0.3, 0.4) is 0 Å². The molecule has 19 heavy (non-hydrogen) atoms. The molecule has 2 rings (SSSR count). The third-order valence-corrected chi connectivity index (χ3v) is 4.43. The molecule has 2 aromatic rings. The van der Waals surface area contributed by atoms with Crippen molar-refractivity contribution >= 4 is 17.4 Å². The third kappa shape index (κ3) is 4.03. The molecule has 0 aliphatic heterocycles. The number of hydrogen-bond donors (Lipinski definition) is 1. The summed E-state index contributed by atoms with van der Waals surface area (Å²) in [5.41, 5.74) is 12.1. The first-order valence-corrected chi connectivity index (χ1v) is 7.63. The van der Waals surface area contributed by atoms with E-state index in [0.29, 0.717) is 5.25 Å². The van der Waals surface area contributed by atoms with Crippen LogP contribution in [0.2, 0.25) is 0 Å². The highest BCUT2D eigenvalue weighted by Gasteiger charge is 2.07. The van der Waals surface area contributed by atoms with Crippen LogP contribution >= 0.6 is 11.8 Å². The molecule has 0 aromatic heterocycles. The average Bonchev–Trinajstić information content (AvgIpc) is 2.35.